The summed E-state index contributed by atoms with van der Waals surface area (Å²) in [7, 11) is -2.11. The number of ether oxygens (including phenoxy) is 3. The van der Waals surface area contributed by atoms with E-state index in [0.29, 0.717) is 17.7 Å². The summed E-state index contributed by atoms with van der Waals surface area (Å²) in [6.45, 7) is 6.04. The predicted octanol–water partition coefficient (Wildman–Crippen LogP) is 8.14. The second kappa shape index (κ2) is 18.3. The van der Waals surface area contributed by atoms with E-state index in [0.717, 1.165) is 33.4 Å². The van der Waals surface area contributed by atoms with Gasteiger partial charge in [-0.1, -0.05) is 109 Å². The van der Waals surface area contributed by atoms with Gasteiger partial charge in [-0.25, -0.2) is 14.4 Å². The molecule has 53 heavy (non-hydrogen) atoms. The average molecular weight is 753 g/mol. The highest BCUT2D eigenvalue weighted by Gasteiger charge is 2.31. The van der Waals surface area contributed by atoms with Crippen LogP contribution in [-0.2, 0) is 31.9 Å². The number of rotatable bonds is 13. The highest BCUT2D eigenvalue weighted by molar-refractivity contribution is 7.80. The van der Waals surface area contributed by atoms with E-state index in [9.17, 15) is 14.4 Å². The number of carbonyl (C=O) groups is 3. The maximum atomic E-state index is 13.2. The molecule has 1 aliphatic carbocycles. The third kappa shape index (κ3) is 11.0. The number of guanidine groups is 1. The molecule has 5 rings (SSSR count). The van der Waals surface area contributed by atoms with Crippen LogP contribution in [0.2, 0.25) is 19.6 Å². The highest BCUT2D eigenvalue weighted by Crippen LogP contribution is 2.44. The number of aliphatic imine (C=N–C) groups is 1. The summed E-state index contributed by atoms with van der Waals surface area (Å²) >= 11 is 5.64. The van der Waals surface area contributed by atoms with E-state index in [-0.39, 0.29) is 37.3 Å². The zero-order chi connectivity index (χ0) is 37.8. The fourth-order valence-corrected chi connectivity index (χ4v) is 7.47. The number of hydrogen-bond donors (Lipinski definition) is 2. The number of benzene rings is 4. The first-order valence-corrected chi connectivity index (χ1v) is 21.2. The van der Waals surface area contributed by atoms with Gasteiger partial charge in [0.1, 0.15) is 19.8 Å². The number of fused-ring (bicyclic) bond motifs is 3. The number of nitrogens with two attached hydrogens (primary N) is 1. The van der Waals surface area contributed by atoms with E-state index >= 15 is 0 Å². The molecular weight excluding hydrogens is 709 g/mol. The maximum Gasteiger partial charge on any atom is 0.426 e. The van der Waals surface area contributed by atoms with Gasteiger partial charge < -0.3 is 29.7 Å². The van der Waals surface area contributed by atoms with Gasteiger partial charge in [-0.05, 0) is 78.1 Å². The molecule has 3 N–H and O–H groups in total. The number of nitrogens with zero attached hydrogens (tertiary/aromatic N) is 2. The van der Waals surface area contributed by atoms with E-state index in [1.54, 1.807) is 48.5 Å². The standard InChI is InChI=1S/C40H44N4O7SSi/c1-53(2,3)51-36(52)35(43-38(45)48-27-34-32-21-12-10-19-30(32)31-20-11-13-22-33(31)34)23-14-24-42-37(41)44(39(46)49-25-28-15-6-4-7-16-28)40(47)50-26-29-17-8-5-9-18-29/h4-13,15-22,34-35H,14,23-27H2,1-3H3,(H2,41,42)(H,43,45). The first kappa shape index (κ1) is 38.7. The lowest BCUT2D eigenvalue weighted by atomic mass is 9.98. The number of imide groups is 1. The monoisotopic (exact) mass is 752 g/mol. The van der Waals surface area contributed by atoms with Crippen molar-refractivity contribution in [3.8, 4) is 11.1 Å². The van der Waals surface area contributed by atoms with Crippen LogP contribution in [0.4, 0.5) is 14.4 Å². The van der Waals surface area contributed by atoms with Gasteiger partial charge >= 0.3 is 18.3 Å². The Labute approximate surface area is 316 Å². The molecular formula is C40H44N4O7SSi. The Morgan fingerprint density at radius 3 is 1.77 bits per heavy atom. The molecule has 0 aromatic heterocycles. The lowest BCUT2D eigenvalue weighted by Crippen LogP contribution is -2.47. The topological polar surface area (TPSA) is 142 Å². The summed E-state index contributed by atoms with van der Waals surface area (Å²) in [4.78, 5) is 44.4. The van der Waals surface area contributed by atoms with Crippen molar-refractivity contribution in [2.45, 2.75) is 57.7 Å². The van der Waals surface area contributed by atoms with Gasteiger partial charge in [0.2, 0.25) is 14.3 Å². The first-order valence-electron chi connectivity index (χ1n) is 17.4. The lowest BCUT2D eigenvalue weighted by Gasteiger charge is -2.26. The summed E-state index contributed by atoms with van der Waals surface area (Å²) in [5.74, 6) is -0.501. The van der Waals surface area contributed by atoms with Crippen LogP contribution in [0, 0.1) is 0 Å². The second-order valence-corrected chi connectivity index (χ2v) is 18.2. The van der Waals surface area contributed by atoms with Crippen LogP contribution in [0.3, 0.4) is 0 Å². The summed E-state index contributed by atoms with van der Waals surface area (Å²) in [5.41, 5.74) is 12.1. The fourth-order valence-electron chi connectivity index (χ4n) is 5.79. The summed E-state index contributed by atoms with van der Waals surface area (Å²) < 4.78 is 22.6. The fraction of sp³-hybridized carbons (Fsp3) is 0.275. The molecule has 276 valence electrons. The summed E-state index contributed by atoms with van der Waals surface area (Å²) in [6.07, 6.45) is -2.02. The maximum absolute atomic E-state index is 13.2. The van der Waals surface area contributed by atoms with Crippen molar-refractivity contribution >= 4 is 49.8 Å². The largest absolute Gasteiger partial charge is 0.538 e. The van der Waals surface area contributed by atoms with Crippen molar-refractivity contribution in [3.63, 3.8) is 0 Å². The predicted molar refractivity (Wildman–Crippen MR) is 210 cm³/mol. The number of carbonyl (C=O) groups excluding carboxylic acids is 3. The minimum atomic E-state index is -2.11. The zero-order valence-corrected chi connectivity index (χ0v) is 31.8. The lowest BCUT2D eigenvalue weighted by molar-refractivity contribution is 0.0886. The van der Waals surface area contributed by atoms with Crippen molar-refractivity contribution in [2.75, 3.05) is 13.2 Å². The Bertz CT molecular complexity index is 1820. The van der Waals surface area contributed by atoms with Crippen LogP contribution in [0.25, 0.3) is 11.1 Å². The highest BCUT2D eigenvalue weighted by atomic mass is 32.1. The van der Waals surface area contributed by atoms with E-state index in [4.69, 9.17) is 36.6 Å². The minimum absolute atomic E-state index is 0.0820. The number of thiocarbonyl (C=S) groups is 1. The third-order valence-corrected chi connectivity index (χ3v) is 9.60. The van der Waals surface area contributed by atoms with Crippen molar-refractivity contribution in [3.05, 3.63) is 131 Å². The third-order valence-electron chi connectivity index (χ3n) is 8.26. The molecule has 1 aliphatic rings. The van der Waals surface area contributed by atoms with E-state index in [2.05, 4.69) is 34.6 Å². The Hall–Kier alpha value is -5.53. The van der Waals surface area contributed by atoms with Crippen LogP contribution in [0.5, 0.6) is 0 Å². The molecule has 13 heteroatoms. The first-order chi connectivity index (χ1) is 25.5. The van der Waals surface area contributed by atoms with Crippen molar-refractivity contribution < 1.29 is 33.0 Å². The Morgan fingerprint density at radius 1 is 0.774 bits per heavy atom. The molecule has 1 unspecified atom stereocenters. The van der Waals surface area contributed by atoms with Crippen LogP contribution in [0.1, 0.15) is 41.0 Å². The molecule has 0 heterocycles. The van der Waals surface area contributed by atoms with Crippen molar-refractivity contribution in [2.24, 2.45) is 10.7 Å². The molecule has 11 nitrogen and oxygen atoms in total. The van der Waals surface area contributed by atoms with Gasteiger partial charge in [0.05, 0.1) is 6.04 Å². The molecule has 0 bridgehead atoms. The minimum Gasteiger partial charge on any atom is -0.538 e. The number of alkyl carbamates (subject to hydrolysis) is 1. The van der Waals surface area contributed by atoms with E-state index in [1.165, 1.54) is 0 Å². The van der Waals surface area contributed by atoms with Gasteiger partial charge in [0.15, 0.2) is 5.05 Å². The molecule has 0 saturated carbocycles. The van der Waals surface area contributed by atoms with Crippen LogP contribution in [-0.4, -0.2) is 61.7 Å². The van der Waals surface area contributed by atoms with Crippen LogP contribution >= 0.6 is 12.2 Å². The number of amides is 3. The van der Waals surface area contributed by atoms with Crippen molar-refractivity contribution in [1.82, 2.24) is 10.2 Å². The molecule has 0 aliphatic heterocycles. The Morgan fingerprint density at radius 2 is 1.26 bits per heavy atom. The molecule has 0 spiro atoms. The summed E-state index contributed by atoms with van der Waals surface area (Å²) in [6, 6.07) is 33.6. The number of hydrogen-bond acceptors (Lipinski definition) is 9. The molecule has 4 aromatic rings. The molecule has 0 saturated heterocycles. The number of nitrogens with one attached hydrogen (secondary N) is 1. The Kier molecular flexibility index (Phi) is 13.4. The van der Waals surface area contributed by atoms with Gasteiger partial charge in [0.25, 0.3) is 0 Å². The molecule has 0 fully saturated rings. The zero-order valence-electron chi connectivity index (χ0n) is 30.0. The Balaban J connectivity index is 1.22. The van der Waals surface area contributed by atoms with Gasteiger partial charge in [-0.15, -0.1) is 4.90 Å². The average Bonchev–Trinajstić information content (AvgIpc) is 3.47. The quantitative estimate of drug-likeness (QED) is 0.0346. The normalized spacial score (nSPS) is 12.8. The van der Waals surface area contributed by atoms with Gasteiger partial charge in [0, 0.05) is 12.5 Å². The summed E-state index contributed by atoms with van der Waals surface area (Å²) in [5, 5.41) is 3.12. The SMILES string of the molecule is C[Si](C)(C)OC(=S)C(CCCN=C(N)N(C(=O)OCc1ccccc1)C(=O)OCc1ccccc1)NC(=O)OCC1c2ccccc2-c2ccccc21. The second-order valence-electron chi connectivity index (χ2n) is 13.4. The van der Waals surface area contributed by atoms with Gasteiger partial charge in [-0.3, -0.25) is 4.99 Å². The van der Waals surface area contributed by atoms with Crippen molar-refractivity contribution in [1.29, 1.82) is 0 Å². The van der Waals surface area contributed by atoms with Gasteiger partial charge in [-0.2, -0.15) is 0 Å². The smallest absolute Gasteiger partial charge is 0.426 e. The van der Waals surface area contributed by atoms with Crippen LogP contribution in [0.15, 0.2) is 114 Å². The van der Waals surface area contributed by atoms with E-state index in [1.807, 2.05) is 56.0 Å². The van der Waals surface area contributed by atoms with Crippen LogP contribution < -0.4 is 11.1 Å². The van der Waals surface area contributed by atoms with E-state index < -0.39 is 38.6 Å². The molecule has 3 amide bonds. The molecule has 0 radical (unpaired) electrons. The molecule has 1 atom stereocenters. The molecule has 4 aromatic carbocycles.